The predicted octanol–water partition coefficient (Wildman–Crippen LogP) is 2.56. The van der Waals surface area contributed by atoms with Crippen LogP contribution in [0.3, 0.4) is 0 Å². The lowest BCUT2D eigenvalue weighted by atomic mass is 10.0. The van der Waals surface area contributed by atoms with Gasteiger partial charge in [-0.1, -0.05) is 20.3 Å². The minimum atomic E-state index is 0.363. The highest BCUT2D eigenvalue weighted by molar-refractivity contribution is 4.79. The quantitative estimate of drug-likeness (QED) is 0.771. The average Bonchev–Trinajstić information content (AvgIpc) is 2.50. The maximum absolute atomic E-state index is 5.83. The Morgan fingerprint density at radius 2 is 1.95 bits per heavy atom. The van der Waals surface area contributed by atoms with E-state index < -0.39 is 0 Å². The summed E-state index contributed by atoms with van der Waals surface area (Å²) in [7, 11) is 2.26. The third-order valence-corrected chi connectivity index (χ3v) is 4.40. The van der Waals surface area contributed by atoms with Crippen molar-refractivity contribution in [2.45, 2.75) is 65.0 Å². The molecule has 3 atom stereocenters. The van der Waals surface area contributed by atoms with E-state index in [2.05, 4.69) is 37.6 Å². The molecule has 19 heavy (non-hydrogen) atoms. The maximum atomic E-state index is 5.83. The van der Waals surface area contributed by atoms with Gasteiger partial charge in [0.1, 0.15) is 0 Å². The molecule has 1 saturated heterocycles. The van der Waals surface area contributed by atoms with Gasteiger partial charge >= 0.3 is 0 Å². The molecule has 0 aromatic carbocycles. The summed E-state index contributed by atoms with van der Waals surface area (Å²) in [6, 6.07) is 1.12. The van der Waals surface area contributed by atoms with Gasteiger partial charge in [0, 0.05) is 25.2 Å². The molecule has 3 heteroatoms. The van der Waals surface area contributed by atoms with Gasteiger partial charge in [-0.15, -0.1) is 0 Å². The minimum absolute atomic E-state index is 0.363. The molecule has 3 nitrogen and oxygen atoms in total. The van der Waals surface area contributed by atoms with E-state index >= 15 is 0 Å². The molecule has 1 rings (SSSR count). The van der Waals surface area contributed by atoms with E-state index in [1.807, 2.05) is 0 Å². The largest absolute Gasteiger partial charge is 0.328 e. The molecule has 0 spiro atoms. The molecule has 0 aromatic heterocycles. The Hall–Kier alpha value is -0.120. The van der Waals surface area contributed by atoms with Crippen molar-refractivity contribution in [3.63, 3.8) is 0 Å². The van der Waals surface area contributed by atoms with E-state index in [-0.39, 0.29) is 0 Å². The molecule has 0 bridgehead atoms. The molecule has 0 radical (unpaired) electrons. The second-order valence-electron chi connectivity index (χ2n) is 6.69. The van der Waals surface area contributed by atoms with Crippen LogP contribution in [0.25, 0.3) is 0 Å². The van der Waals surface area contributed by atoms with Crippen molar-refractivity contribution in [1.82, 2.24) is 9.80 Å². The summed E-state index contributed by atoms with van der Waals surface area (Å²) >= 11 is 0. The summed E-state index contributed by atoms with van der Waals surface area (Å²) in [4.78, 5) is 5.23. The molecule has 1 aliphatic rings. The summed E-state index contributed by atoms with van der Waals surface area (Å²) in [6.07, 6.45) is 6.37. The molecule has 0 amide bonds. The molecule has 1 fully saturated rings. The lowest BCUT2D eigenvalue weighted by molar-refractivity contribution is 0.158. The standard InChI is InChI=1S/C16H35N3/c1-5-16-13-18(4)10-7-11-19(16)12-14(2)8-6-9-15(3)17/h14-16H,5-13,17H2,1-4H3. The summed E-state index contributed by atoms with van der Waals surface area (Å²) in [5.41, 5.74) is 5.83. The Morgan fingerprint density at radius 3 is 2.58 bits per heavy atom. The highest BCUT2D eigenvalue weighted by atomic mass is 15.2. The smallest absolute Gasteiger partial charge is 0.0220 e. The van der Waals surface area contributed by atoms with Crippen LogP contribution in [0.5, 0.6) is 0 Å². The third kappa shape index (κ3) is 6.73. The van der Waals surface area contributed by atoms with Crippen molar-refractivity contribution in [3.8, 4) is 0 Å². The molecular weight excluding hydrogens is 234 g/mol. The van der Waals surface area contributed by atoms with Gasteiger partial charge in [0.25, 0.3) is 0 Å². The molecule has 0 saturated carbocycles. The van der Waals surface area contributed by atoms with Crippen molar-refractivity contribution >= 4 is 0 Å². The fourth-order valence-corrected chi connectivity index (χ4v) is 3.20. The number of likely N-dealkylation sites (N-methyl/N-ethyl adjacent to an activating group) is 1. The number of nitrogens with zero attached hydrogens (tertiary/aromatic N) is 2. The zero-order chi connectivity index (χ0) is 14.3. The Morgan fingerprint density at radius 1 is 1.21 bits per heavy atom. The van der Waals surface area contributed by atoms with Crippen LogP contribution in [-0.2, 0) is 0 Å². The normalized spacial score (nSPS) is 26.1. The first kappa shape index (κ1) is 16.9. The van der Waals surface area contributed by atoms with E-state index in [9.17, 15) is 0 Å². The SMILES string of the molecule is CCC1CN(C)CCCN1CC(C)CCCC(C)N. The first-order valence-corrected chi connectivity index (χ1v) is 8.21. The Labute approximate surface area is 120 Å². The number of nitrogens with two attached hydrogens (primary N) is 1. The summed E-state index contributed by atoms with van der Waals surface area (Å²) in [6.45, 7) is 11.9. The zero-order valence-corrected chi connectivity index (χ0v) is 13.6. The minimum Gasteiger partial charge on any atom is -0.328 e. The second-order valence-corrected chi connectivity index (χ2v) is 6.69. The van der Waals surface area contributed by atoms with Crippen LogP contribution in [0.1, 0.15) is 52.9 Å². The Bertz CT molecular complexity index is 230. The van der Waals surface area contributed by atoms with Gasteiger partial charge in [0.15, 0.2) is 0 Å². The Balaban J connectivity index is 2.35. The van der Waals surface area contributed by atoms with Crippen molar-refractivity contribution in [2.75, 3.05) is 33.2 Å². The van der Waals surface area contributed by atoms with Gasteiger partial charge in [-0.3, -0.25) is 4.90 Å². The van der Waals surface area contributed by atoms with E-state index in [0.29, 0.717) is 6.04 Å². The summed E-state index contributed by atoms with van der Waals surface area (Å²) in [5.74, 6) is 0.802. The van der Waals surface area contributed by atoms with Crippen LogP contribution in [-0.4, -0.2) is 55.1 Å². The molecule has 3 unspecified atom stereocenters. The fourth-order valence-electron chi connectivity index (χ4n) is 3.20. The van der Waals surface area contributed by atoms with Crippen LogP contribution < -0.4 is 5.73 Å². The van der Waals surface area contributed by atoms with E-state index in [1.165, 1.54) is 58.3 Å². The molecule has 114 valence electrons. The van der Waals surface area contributed by atoms with Gasteiger partial charge < -0.3 is 10.6 Å². The van der Waals surface area contributed by atoms with Gasteiger partial charge in [-0.2, -0.15) is 0 Å². The second kappa shape index (κ2) is 8.93. The van der Waals surface area contributed by atoms with Crippen LogP contribution in [0.2, 0.25) is 0 Å². The molecular formula is C16H35N3. The van der Waals surface area contributed by atoms with Crippen molar-refractivity contribution < 1.29 is 0 Å². The topological polar surface area (TPSA) is 32.5 Å². The highest BCUT2D eigenvalue weighted by Gasteiger charge is 2.22. The van der Waals surface area contributed by atoms with Gasteiger partial charge in [-0.25, -0.2) is 0 Å². The lowest BCUT2D eigenvalue weighted by Crippen LogP contribution is -2.41. The number of hydrogen-bond donors (Lipinski definition) is 1. The van der Waals surface area contributed by atoms with E-state index in [4.69, 9.17) is 5.73 Å². The number of rotatable bonds is 7. The monoisotopic (exact) mass is 269 g/mol. The summed E-state index contributed by atoms with van der Waals surface area (Å²) in [5, 5.41) is 0. The molecule has 2 N–H and O–H groups in total. The van der Waals surface area contributed by atoms with Crippen molar-refractivity contribution in [1.29, 1.82) is 0 Å². The van der Waals surface area contributed by atoms with Gasteiger partial charge in [0.05, 0.1) is 0 Å². The van der Waals surface area contributed by atoms with E-state index in [0.717, 1.165) is 12.0 Å². The third-order valence-electron chi connectivity index (χ3n) is 4.40. The summed E-state index contributed by atoms with van der Waals surface area (Å²) < 4.78 is 0. The highest BCUT2D eigenvalue weighted by Crippen LogP contribution is 2.17. The van der Waals surface area contributed by atoms with Crippen LogP contribution in [0.4, 0.5) is 0 Å². The zero-order valence-electron chi connectivity index (χ0n) is 13.6. The molecule has 1 aliphatic heterocycles. The molecule has 0 aliphatic carbocycles. The average molecular weight is 269 g/mol. The Kier molecular flexibility index (Phi) is 7.96. The van der Waals surface area contributed by atoms with E-state index in [1.54, 1.807) is 0 Å². The van der Waals surface area contributed by atoms with Crippen LogP contribution in [0, 0.1) is 5.92 Å². The lowest BCUT2D eigenvalue weighted by Gasteiger charge is -2.32. The molecule has 0 aromatic rings. The predicted molar refractivity (Wildman–Crippen MR) is 84.4 cm³/mol. The van der Waals surface area contributed by atoms with Crippen molar-refractivity contribution in [3.05, 3.63) is 0 Å². The maximum Gasteiger partial charge on any atom is 0.0220 e. The van der Waals surface area contributed by atoms with Gasteiger partial charge in [-0.05, 0) is 58.7 Å². The number of hydrogen-bond acceptors (Lipinski definition) is 3. The fraction of sp³-hybridized carbons (Fsp3) is 1.00. The first-order valence-electron chi connectivity index (χ1n) is 8.21. The van der Waals surface area contributed by atoms with Crippen molar-refractivity contribution in [2.24, 2.45) is 11.7 Å². The van der Waals surface area contributed by atoms with Gasteiger partial charge in [0.2, 0.25) is 0 Å². The first-order chi connectivity index (χ1) is 9.02. The molecule has 1 heterocycles. The van der Waals surface area contributed by atoms with Crippen LogP contribution in [0.15, 0.2) is 0 Å². The van der Waals surface area contributed by atoms with Crippen LogP contribution >= 0.6 is 0 Å².